The van der Waals surface area contributed by atoms with Crippen LogP contribution in [0.4, 0.5) is 0 Å². The Hall–Kier alpha value is -1.74. The number of ether oxygens (including phenoxy) is 1. The largest absolute Gasteiger partial charge is 0.496 e. The molecule has 9 heteroatoms. The first kappa shape index (κ1) is 18.6. The summed E-state index contributed by atoms with van der Waals surface area (Å²) in [7, 11) is -2.08. The fourth-order valence-corrected chi connectivity index (χ4v) is 4.24. The molecule has 0 aliphatic carbocycles. The maximum absolute atomic E-state index is 12.9. The summed E-state index contributed by atoms with van der Waals surface area (Å²) in [6.07, 6.45) is 0.917. The van der Waals surface area contributed by atoms with Gasteiger partial charge in [0.25, 0.3) is 5.91 Å². The standard InChI is InChI=1S/C15H19NO6S2/c1-22-13-4-3-11(24(2,20)21)8-12(13)15(19)16-5-6-23-9-10(16)7-14(17)18/h3-4,8,10H,5-7,9H2,1-2H3,(H,17,18). The predicted octanol–water partition coefficient (Wildman–Crippen LogP) is 1.13. The number of hydrogen-bond acceptors (Lipinski definition) is 6. The highest BCUT2D eigenvalue weighted by Crippen LogP contribution is 2.27. The molecule has 0 bridgehead atoms. The Morgan fingerprint density at radius 3 is 2.71 bits per heavy atom. The second kappa shape index (κ2) is 7.43. The molecule has 1 aliphatic heterocycles. The number of nitrogens with zero attached hydrogens (tertiary/aromatic N) is 1. The van der Waals surface area contributed by atoms with Gasteiger partial charge in [0.1, 0.15) is 5.75 Å². The van der Waals surface area contributed by atoms with Gasteiger partial charge in [-0.2, -0.15) is 11.8 Å². The summed E-state index contributed by atoms with van der Waals surface area (Å²) in [6.45, 7) is 0.410. The van der Waals surface area contributed by atoms with Crippen LogP contribution in [-0.2, 0) is 14.6 Å². The molecule has 0 aromatic heterocycles. The van der Waals surface area contributed by atoms with Crippen LogP contribution in [-0.4, -0.2) is 67.8 Å². The number of hydrogen-bond donors (Lipinski definition) is 1. The van der Waals surface area contributed by atoms with Crippen molar-refractivity contribution in [1.29, 1.82) is 0 Å². The van der Waals surface area contributed by atoms with E-state index in [9.17, 15) is 18.0 Å². The molecule has 0 spiro atoms. The number of benzene rings is 1. The molecule has 132 valence electrons. The quantitative estimate of drug-likeness (QED) is 0.825. The summed E-state index contributed by atoms with van der Waals surface area (Å²) in [5.41, 5.74) is 0.128. The first-order valence-corrected chi connectivity index (χ1v) is 10.3. The lowest BCUT2D eigenvalue weighted by molar-refractivity contribution is -0.138. The van der Waals surface area contributed by atoms with E-state index in [0.29, 0.717) is 18.1 Å². The van der Waals surface area contributed by atoms with E-state index in [2.05, 4.69) is 0 Å². The lowest BCUT2D eigenvalue weighted by atomic mass is 10.1. The smallest absolute Gasteiger partial charge is 0.305 e. The van der Waals surface area contributed by atoms with Crippen LogP contribution in [0.25, 0.3) is 0 Å². The molecular weight excluding hydrogens is 354 g/mol. The zero-order valence-electron chi connectivity index (χ0n) is 13.4. The number of methoxy groups -OCH3 is 1. The number of rotatable bonds is 5. The number of sulfone groups is 1. The lowest BCUT2D eigenvalue weighted by Crippen LogP contribution is -2.47. The third-order valence-electron chi connectivity index (χ3n) is 3.73. The minimum absolute atomic E-state index is 0.0211. The van der Waals surface area contributed by atoms with Gasteiger partial charge in [-0.15, -0.1) is 0 Å². The Kier molecular flexibility index (Phi) is 5.76. The van der Waals surface area contributed by atoms with Crippen molar-refractivity contribution in [2.75, 3.05) is 31.4 Å². The number of carboxylic acids is 1. The summed E-state index contributed by atoms with van der Waals surface area (Å²) in [5.74, 6) is 0.114. The van der Waals surface area contributed by atoms with Crippen molar-refractivity contribution in [3.8, 4) is 5.75 Å². The van der Waals surface area contributed by atoms with Gasteiger partial charge in [-0.05, 0) is 18.2 Å². The Labute approximate surface area is 144 Å². The van der Waals surface area contributed by atoms with Crippen LogP contribution in [0.3, 0.4) is 0 Å². The van der Waals surface area contributed by atoms with Gasteiger partial charge < -0.3 is 14.7 Å². The molecule has 7 nitrogen and oxygen atoms in total. The van der Waals surface area contributed by atoms with Crippen molar-refractivity contribution in [2.24, 2.45) is 0 Å². The van der Waals surface area contributed by atoms with E-state index in [0.717, 1.165) is 6.26 Å². The van der Waals surface area contributed by atoms with Crippen molar-refractivity contribution in [3.63, 3.8) is 0 Å². The van der Waals surface area contributed by atoms with E-state index in [1.54, 1.807) is 11.8 Å². The Bertz CT molecular complexity index is 746. The first-order chi connectivity index (χ1) is 11.2. The van der Waals surface area contributed by atoms with E-state index in [1.165, 1.54) is 30.2 Å². The number of carboxylic acid groups (broad SMARTS) is 1. The van der Waals surface area contributed by atoms with Gasteiger partial charge in [-0.3, -0.25) is 9.59 Å². The van der Waals surface area contributed by atoms with Crippen molar-refractivity contribution < 1.29 is 27.9 Å². The van der Waals surface area contributed by atoms with Gasteiger partial charge in [-0.25, -0.2) is 8.42 Å². The Morgan fingerprint density at radius 1 is 1.42 bits per heavy atom. The summed E-state index contributed by atoms with van der Waals surface area (Å²) in [6, 6.07) is 3.68. The molecule has 0 saturated carbocycles. The SMILES string of the molecule is COc1ccc(S(C)(=O)=O)cc1C(=O)N1CCSCC1CC(=O)O. The fraction of sp³-hybridized carbons (Fsp3) is 0.467. The van der Waals surface area contributed by atoms with Gasteiger partial charge in [0.05, 0.1) is 30.0 Å². The van der Waals surface area contributed by atoms with E-state index in [1.807, 2.05) is 0 Å². The molecule has 0 radical (unpaired) electrons. The van der Waals surface area contributed by atoms with Gasteiger partial charge in [0.15, 0.2) is 9.84 Å². The summed E-state index contributed by atoms with van der Waals surface area (Å²) in [4.78, 5) is 25.4. The van der Waals surface area contributed by atoms with Gasteiger partial charge in [0.2, 0.25) is 0 Å². The van der Waals surface area contributed by atoms with Crippen LogP contribution in [0.1, 0.15) is 16.8 Å². The first-order valence-electron chi connectivity index (χ1n) is 7.22. The number of aliphatic carboxylic acids is 1. The molecule has 1 aromatic rings. The molecule has 1 unspecified atom stereocenters. The normalized spacial score (nSPS) is 18.2. The van der Waals surface area contributed by atoms with Crippen molar-refractivity contribution in [1.82, 2.24) is 4.90 Å². The number of amides is 1. The molecule has 1 saturated heterocycles. The molecule has 1 atom stereocenters. The average Bonchev–Trinajstić information content (AvgIpc) is 2.52. The Morgan fingerprint density at radius 2 is 2.12 bits per heavy atom. The zero-order chi connectivity index (χ0) is 17.9. The van der Waals surface area contributed by atoms with Crippen LogP contribution in [0.2, 0.25) is 0 Å². The average molecular weight is 373 g/mol. The molecule has 1 N–H and O–H groups in total. The van der Waals surface area contributed by atoms with Gasteiger partial charge >= 0.3 is 5.97 Å². The molecule has 1 aromatic carbocycles. The fourth-order valence-electron chi connectivity index (χ4n) is 2.53. The highest BCUT2D eigenvalue weighted by molar-refractivity contribution is 7.99. The van der Waals surface area contributed by atoms with Crippen molar-refractivity contribution >= 4 is 33.5 Å². The maximum Gasteiger partial charge on any atom is 0.305 e. The molecule has 24 heavy (non-hydrogen) atoms. The minimum Gasteiger partial charge on any atom is -0.496 e. The summed E-state index contributed by atoms with van der Waals surface area (Å²) >= 11 is 1.59. The van der Waals surface area contributed by atoms with Crippen LogP contribution in [0, 0.1) is 0 Å². The molecule has 1 fully saturated rings. The number of thioether (sulfide) groups is 1. The number of carbonyl (C=O) groups is 2. The minimum atomic E-state index is -3.47. The zero-order valence-corrected chi connectivity index (χ0v) is 15.0. The van der Waals surface area contributed by atoms with E-state index < -0.39 is 27.8 Å². The molecule has 1 amide bonds. The molecule has 2 rings (SSSR count). The lowest BCUT2D eigenvalue weighted by Gasteiger charge is -2.35. The van der Waals surface area contributed by atoms with Crippen molar-refractivity contribution in [2.45, 2.75) is 17.4 Å². The second-order valence-electron chi connectivity index (χ2n) is 5.46. The third kappa shape index (κ3) is 4.21. The summed E-state index contributed by atoms with van der Waals surface area (Å²) in [5, 5.41) is 9.04. The number of carbonyl (C=O) groups excluding carboxylic acids is 1. The third-order valence-corrected chi connectivity index (χ3v) is 5.93. The molecule has 1 aliphatic rings. The second-order valence-corrected chi connectivity index (χ2v) is 8.62. The van der Waals surface area contributed by atoms with Crippen LogP contribution in [0.15, 0.2) is 23.1 Å². The Balaban J connectivity index is 2.41. The van der Waals surface area contributed by atoms with E-state index >= 15 is 0 Å². The highest BCUT2D eigenvalue weighted by atomic mass is 32.2. The van der Waals surface area contributed by atoms with Crippen molar-refractivity contribution in [3.05, 3.63) is 23.8 Å². The maximum atomic E-state index is 12.9. The highest BCUT2D eigenvalue weighted by Gasteiger charge is 2.31. The van der Waals surface area contributed by atoms with Crippen LogP contribution in [0.5, 0.6) is 5.75 Å². The van der Waals surface area contributed by atoms with Crippen LogP contribution >= 0.6 is 11.8 Å². The summed E-state index contributed by atoms with van der Waals surface area (Å²) < 4.78 is 28.7. The van der Waals surface area contributed by atoms with E-state index in [-0.39, 0.29) is 22.6 Å². The molecule has 1 heterocycles. The molecular formula is C15H19NO6S2. The van der Waals surface area contributed by atoms with E-state index in [4.69, 9.17) is 9.84 Å². The van der Waals surface area contributed by atoms with Crippen LogP contribution < -0.4 is 4.74 Å². The topological polar surface area (TPSA) is 101 Å². The predicted molar refractivity (Wildman–Crippen MR) is 90.5 cm³/mol. The monoisotopic (exact) mass is 373 g/mol. The van der Waals surface area contributed by atoms with Gasteiger partial charge in [-0.1, -0.05) is 0 Å². The van der Waals surface area contributed by atoms with Gasteiger partial charge in [0, 0.05) is 24.3 Å².